The van der Waals surface area contributed by atoms with Crippen molar-refractivity contribution in [3.8, 4) is 0 Å². The first-order valence-electron chi connectivity index (χ1n) is 4.93. The molecule has 0 amide bonds. The number of aromatic amines is 1. The van der Waals surface area contributed by atoms with E-state index in [9.17, 15) is 10.2 Å². The van der Waals surface area contributed by atoms with E-state index in [2.05, 4.69) is 34.4 Å². The van der Waals surface area contributed by atoms with Crippen LogP contribution in [0.2, 0.25) is 0 Å². The molecule has 0 spiro atoms. The van der Waals surface area contributed by atoms with Crippen molar-refractivity contribution in [1.29, 1.82) is 0 Å². The molecule has 1 N–H and O–H groups in total. The van der Waals surface area contributed by atoms with Crippen LogP contribution in [-0.4, -0.2) is 20.1 Å². The van der Waals surface area contributed by atoms with Gasteiger partial charge in [-0.2, -0.15) is 0 Å². The zero-order valence-electron chi connectivity index (χ0n) is 10.7. The number of nitrogens with one attached hydrogen (secondary N) is 1. The third-order valence-electron chi connectivity index (χ3n) is 2.39. The number of nitrogens with zero attached hydrogens (tertiary/aromatic N) is 1. The minimum atomic E-state index is -0.748. The van der Waals surface area contributed by atoms with Gasteiger partial charge in [-0.3, -0.25) is 0 Å². The SMILES string of the molecule is [K+].[K+].[O-]C(=S)CC(C([O-])=S)c1nc2ccccc2[nH]1. The van der Waals surface area contributed by atoms with E-state index in [-0.39, 0.29) is 109 Å². The number of hydrogen-bond acceptors (Lipinski definition) is 5. The van der Waals surface area contributed by atoms with Gasteiger partial charge in [-0.15, -0.1) is 24.4 Å². The van der Waals surface area contributed by atoms with Crippen LogP contribution in [0.15, 0.2) is 24.3 Å². The van der Waals surface area contributed by atoms with Crippen molar-refractivity contribution in [2.24, 2.45) is 0 Å². The molecule has 0 fully saturated rings. The molecule has 0 aliphatic rings. The molecule has 1 aromatic heterocycles. The van der Waals surface area contributed by atoms with E-state index in [0.29, 0.717) is 5.82 Å². The Labute approximate surface area is 206 Å². The molecule has 1 atom stereocenters. The average molecular weight is 343 g/mol. The summed E-state index contributed by atoms with van der Waals surface area (Å²) in [6.45, 7) is 0. The Balaban J connectivity index is 0.00000162. The van der Waals surface area contributed by atoms with Crippen LogP contribution in [-0.2, 0) is 0 Å². The molecule has 1 heterocycles. The molecule has 0 aliphatic heterocycles. The van der Waals surface area contributed by atoms with Gasteiger partial charge in [0.2, 0.25) is 0 Å². The number of benzene rings is 1. The van der Waals surface area contributed by atoms with Crippen LogP contribution in [0.4, 0.5) is 0 Å². The summed E-state index contributed by atoms with van der Waals surface area (Å²) in [6, 6.07) is 7.35. The third kappa shape index (κ3) is 5.80. The zero-order valence-corrected chi connectivity index (χ0v) is 18.6. The number of hydrogen-bond donors (Lipinski definition) is 1. The minimum absolute atomic E-state index is 0. The van der Waals surface area contributed by atoms with Gasteiger partial charge in [0.25, 0.3) is 0 Å². The standard InChI is InChI=1S/C11H10N2O2S2.2K/c14-9(16)5-6(11(15)17)10-12-7-3-1-2-4-8(7)13-10;;/h1-4,6H,5H2,(H,12,13)(H,14,16)(H,15,17);;/q;2*+1/p-2. The second-order valence-corrected chi connectivity index (χ2v) is 4.44. The van der Waals surface area contributed by atoms with Crippen molar-refractivity contribution in [1.82, 2.24) is 9.97 Å². The second-order valence-electron chi connectivity index (χ2n) is 3.59. The number of H-pyrrole nitrogens is 1. The molecule has 1 aromatic carbocycles. The minimum Gasteiger partial charge on any atom is -0.867 e. The van der Waals surface area contributed by atoms with Crippen molar-refractivity contribution in [2.45, 2.75) is 12.3 Å². The molecule has 1 unspecified atom stereocenters. The van der Waals surface area contributed by atoms with Crippen molar-refractivity contribution < 1.29 is 113 Å². The van der Waals surface area contributed by atoms with Crippen LogP contribution in [0.1, 0.15) is 18.2 Å². The molecular formula is C11H8K2N2O2S2. The number of rotatable bonds is 4. The molecular weight excluding hydrogens is 334 g/mol. The fourth-order valence-corrected chi connectivity index (χ4v) is 1.96. The second kappa shape index (κ2) is 9.70. The van der Waals surface area contributed by atoms with E-state index in [0.717, 1.165) is 11.0 Å². The van der Waals surface area contributed by atoms with Gasteiger partial charge in [-0.25, -0.2) is 4.98 Å². The first kappa shape index (κ1) is 20.7. The summed E-state index contributed by atoms with van der Waals surface area (Å²) in [7, 11) is 0. The third-order valence-corrected chi connectivity index (χ3v) is 2.84. The molecule has 0 saturated carbocycles. The first-order valence-corrected chi connectivity index (χ1v) is 5.75. The van der Waals surface area contributed by atoms with Gasteiger partial charge in [0.05, 0.1) is 11.0 Å². The van der Waals surface area contributed by atoms with Gasteiger partial charge < -0.3 is 15.2 Å². The molecule has 8 heteroatoms. The quantitative estimate of drug-likeness (QED) is 0.443. The number of para-hydroxylation sites is 2. The number of fused-ring (bicyclic) bond motifs is 1. The van der Waals surface area contributed by atoms with Crippen molar-refractivity contribution in [2.75, 3.05) is 0 Å². The molecule has 2 rings (SSSR count). The number of thiocarbonyl (C=S) groups is 2. The summed E-state index contributed by atoms with van der Waals surface area (Å²) < 4.78 is 0. The van der Waals surface area contributed by atoms with E-state index in [4.69, 9.17) is 0 Å². The average Bonchev–Trinajstić information content (AvgIpc) is 2.68. The molecule has 19 heavy (non-hydrogen) atoms. The number of imidazole rings is 1. The maximum absolute atomic E-state index is 11.3. The predicted octanol–water partition coefficient (Wildman–Crippen LogP) is -5.58. The van der Waals surface area contributed by atoms with Gasteiger partial charge in [-0.1, -0.05) is 22.2 Å². The van der Waals surface area contributed by atoms with Crippen LogP contribution in [0.5, 0.6) is 0 Å². The Kier molecular flexibility index (Phi) is 10.6. The van der Waals surface area contributed by atoms with Crippen LogP contribution >= 0.6 is 24.4 Å². The molecule has 0 radical (unpaired) electrons. The van der Waals surface area contributed by atoms with E-state index in [1.54, 1.807) is 0 Å². The first-order chi connectivity index (χ1) is 8.08. The van der Waals surface area contributed by atoms with E-state index < -0.39 is 16.0 Å². The van der Waals surface area contributed by atoms with Crippen molar-refractivity contribution in [3.05, 3.63) is 30.1 Å². The maximum atomic E-state index is 11.3. The fraction of sp³-hybridized carbons (Fsp3) is 0.182. The largest absolute Gasteiger partial charge is 1.00 e. The molecule has 2 aromatic rings. The Bertz CT molecular complexity index is 556. The van der Waals surface area contributed by atoms with E-state index in [1.807, 2.05) is 24.3 Å². The molecule has 4 nitrogen and oxygen atoms in total. The summed E-state index contributed by atoms with van der Waals surface area (Å²) in [4.78, 5) is 7.23. The summed E-state index contributed by atoms with van der Waals surface area (Å²) >= 11 is 9.08. The zero-order chi connectivity index (χ0) is 12.4. The van der Waals surface area contributed by atoms with Crippen LogP contribution in [0.25, 0.3) is 11.0 Å². The van der Waals surface area contributed by atoms with Gasteiger partial charge in [-0.05, 0) is 18.6 Å². The van der Waals surface area contributed by atoms with Gasteiger partial charge in [0.15, 0.2) is 0 Å². The van der Waals surface area contributed by atoms with Gasteiger partial charge >= 0.3 is 103 Å². The Morgan fingerprint density at radius 1 is 1.21 bits per heavy atom. The summed E-state index contributed by atoms with van der Waals surface area (Å²) in [5.74, 6) is -0.341. The molecule has 88 valence electrons. The summed E-state index contributed by atoms with van der Waals surface area (Å²) in [5.41, 5.74) is 1.54. The van der Waals surface area contributed by atoms with Crippen LogP contribution in [0, 0.1) is 0 Å². The number of aromatic nitrogens is 2. The molecule has 0 saturated heterocycles. The predicted molar refractivity (Wildman–Crippen MR) is 68.6 cm³/mol. The fourth-order valence-electron chi connectivity index (χ4n) is 1.60. The molecule has 0 bridgehead atoms. The Morgan fingerprint density at radius 3 is 2.37 bits per heavy atom. The smallest absolute Gasteiger partial charge is 0.867 e. The summed E-state index contributed by atoms with van der Waals surface area (Å²) in [6.07, 6.45) is -0.0858. The topological polar surface area (TPSA) is 74.8 Å². The van der Waals surface area contributed by atoms with Crippen LogP contribution in [0.3, 0.4) is 0 Å². The van der Waals surface area contributed by atoms with Gasteiger partial charge in [0.1, 0.15) is 5.82 Å². The van der Waals surface area contributed by atoms with Gasteiger partial charge in [0, 0.05) is 5.92 Å². The molecule has 0 aliphatic carbocycles. The Hall–Kier alpha value is 1.74. The van der Waals surface area contributed by atoms with Crippen molar-refractivity contribution in [3.63, 3.8) is 0 Å². The Morgan fingerprint density at radius 2 is 1.84 bits per heavy atom. The normalized spacial score (nSPS) is 11.2. The van der Waals surface area contributed by atoms with E-state index >= 15 is 0 Å². The summed E-state index contributed by atoms with van der Waals surface area (Å²) in [5, 5.41) is 21.2. The monoisotopic (exact) mass is 342 g/mol. The van der Waals surface area contributed by atoms with Crippen molar-refractivity contribution >= 4 is 45.6 Å². The van der Waals surface area contributed by atoms with Crippen LogP contribution < -0.4 is 113 Å². The van der Waals surface area contributed by atoms with E-state index in [1.165, 1.54) is 0 Å². The maximum Gasteiger partial charge on any atom is 1.00 e.